The van der Waals surface area contributed by atoms with Gasteiger partial charge in [0, 0.05) is 19.3 Å². The summed E-state index contributed by atoms with van der Waals surface area (Å²) in [5, 5.41) is 3.29. The van der Waals surface area contributed by atoms with Gasteiger partial charge in [0.05, 0.1) is 17.8 Å². The predicted molar refractivity (Wildman–Crippen MR) is 105 cm³/mol. The molecule has 2 aliphatic rings. The molecular formula is C22H26FN3O3. The number of nitrogens with zero attached hydrogens (tertiary/aromatic N) is 2. The number of carbonyl (C=O) groups is 1. The van der Waals surface area contributed by atoms with E-state index < -0.39 is 11.2 Å². The van der Waals surface area contributed by atoms with E-state index in [1.54, 1.807) is 0 Å². The topological polar surface area (TPSA) is 73.3 Å². The van der Waals surface area contributed by atoms with Crippen molar-refractivity contribution in [1.82, 2.24) is 15.3 Å². The van der Waals surface area contributed by atoms with Gasteiger partial charge in [-0.15, -0.1) is 0 Å². The minimum atomic E-state index is -0.519. The Morgan fingerprint density at radius 1 is 1.07 bits per heavy atom. The Morgan fingerprint density at radius 3 is 2.38 bits per heavy atom. The number of aromatic nitrogens is 2. The van der Waals surface area contributed by atoms with Crippen LogP contribution >= 0.6 is 0 Å². The number of ether oxygens (including phenoxy) is 2. The summed E-state index contributed by atoms with van der Waals surface area (Å²) >= 11 is 0. The lowest BCUT2D eigenvalue weighted by Crippen LogP contribution is -2.52. The smallest absolute Gasteiger partial charge is 0.316 e. The van der Waals surface area contributed by atoms with Crippen LogP contribution in [0.5, 0.6) is 6.01 Å². The molecule has 1 aromatic carbocycles. The first-order valence-electron chi connectivity index (χ1n) is 10.2. The van der Waals surface area contributed by atoms with E-state index in [0.717, 1.165) is 43.6 Å². The number of hydrogen-bond donors (Lipinski definition) is 1. The summed E-state index contributed by atoms with van der Waals surface area (Å²) in [6, 6.07) is 10.3. The van der Waals surface area contributed by atoms with Crippen LogP contribution in [0.1, 0.15) is 44.1 Å². The first-order chi connectivity index (χ1) is 14.2. The lowest BCUT2D eigenvalue weighted by molar-refractivity contribution is -0.131. The number of carbonyl (C=O) groups excluding carboxylic acids is 1. The van der Waals surface area contributed by atoms with Crippen LogP contribution in [0, 0.1) is 5.82 Å². The Balaban J connectivity index is 1.35. The molecule has 1 aliphatic carbocycles. The molecule has 0 radical (unpaired) electrons. The zero-order valence-electron chi connectivity index (χ0n) is 16.4. The molecule has 4 rings (SSSR count). The van der Waals surface area contributed by atoms with Crippen LogP contribution in [0.2, 0.25) is 0 Å². The third-order valence-electron chi connectivity index (χ3n) is 5.99. The number of amides is 1. The van der Waals surface area contributed by atoms with Gasteiger partial charge in [0.1, 0.15) is 6.10 Å². The Kier molecular flexibility index (Phi) is 6.04. The van der Waals surface area contributed by atoms with Crippen molar-refractivity contribution in [3.05, 3.63) is 54.1 Å². The monoisotopic (exact) mass is 399 g/mol. The van der Waals surface area contributed by atoms with Crippen molar-refractivity contribution in [3.8, 4) is 6.01 Å². The quantitative estimate of drug-likeness (QED) is 0.836. The Hall–Kier alpha value is -2.54. The van der Waals surface area contributed by atoms with Crippen LogP contribution in [0.4, 0.5) is 4.39 Å². The summed E-state index contributed by atoms with van der Waals surface area (Å²) in [5.74, 6) is -0.387. The molecule has 154 valence electrons. The zero-order chi connectivity index (χ0) is 20.1. The van der Waals surface area contributed by atoms with E-state index in [-0.39, 0.29) is 24.1 Å². The third kappa shape index (κ3) is 4.56. The van der Waals surface area contributed by atoms with Gasteiger partial charge in [-0.25, -0.2) is 14.4 Å². The van der Waals surface area contributed by atoms with E-state index in [0.29, 0.717) is 26.1 Å². The van der Waals surface area contributed by atoms with Crippen molar-refractivity contribution >= 4 is 5.91 Å². The van der Waals surface area contributed by atoms with Crippen LogP contribution in [0.15, 0.2) is 42.7 Å². The maximum atomic E-state index is 13.3. The molecule has 29 heavy (non-hydrogen) atoms. The normalized spacial score (nSPS) is 23.9. The fourth-order valence-corrected chi connectivity index (χ4v) is 4.28. The second-order valence-electron chi connectivity index (χ2n) is 7.81. The summed E-state index contributed by atoms with van der Waals surface area (Å²) in [6.07, 6.45) is 6.85. The molecule has 1 aromatic heterocycles. The van der Waals surface area contributed by atoms with Gasteiger partial charge >= 0.3 is 6.01 Å². The molecule has 0 spiro atoms. The van der Waals surface area contributed by atoms with Gasteiger partial charge in [0.2, 0.25) is 5.91 Å². The summed E-state index contributed by atoms with van der Waals surface area (Å²) in [5.41, 5.74) is 0.542. The van der Waals surface area contributed by atoms with Crippen LogP contribution in [0.25, 0.3) is 0 Å². The van der Waals surface area contributed by atoms with Crippen LogP contribution in [-0.4, -0.2) is 41.2 Å². The molecule has 0 unspecified atom stereocenters. The molecule has 2 fully saturated rings. The van der Waals surface area contributed by atoms with Gasteiger partial charge in [-0.05, 0) is 44.1 Å². The summed E-state index contributed by atoms with van der Waals surface area (Å²) in [6.45, 7) is 1.20. The standard InChI is InChI=1S/C22H26FN3O3/c23-17-14-24-21(25-15-17)29-19-8-6-18(7-9-19)26-20(27)22(10-12-28-13-11-22)16-4-2-1-3-5-16/h1-5,14-15,18-19H,6-13H2,(H,26,27). The van der Waals surface area contributed by atoms with Gasteiger partial charge in [-0.3, -0.25) is 4.79 Å². The average molecular weight is 399 g/mol. The van der Waals surface area contributed by atoms with E-state index in [2.05, 4.69) is 15.3 Å². The highest BCUT2D eigenvalue weighted by Crippen LogP contribution is 2.35. The highest BCUT2D eigenvalue weighted by Gasteiger charge is 2.42. The lowest BCUT2D eigenvalue weighted by Gasteiger charge is -2.38. The first-order valence-corrected chi connectivity index (χ1v) is 10.2. The Bertz CT molecular complexity index is 802. The molecule has 1 N–H and O–H groups in total. The molecule has 1 saturated carbocycles. The van der Waals surface area contributed by atoms with Crippen molar-refractivity contribution in [2.24, 2.45) is 0 Å². The maximum Gasteiger partial charge on any atom is 0.316 e. The SMILES string of the molecule is O=C(NC1CCC(Oc2ncc(F)cn2)CC1)C1(c2ccccc2)CCOCC1. The lowest BCUT2D eigenvalue weighted by atomic mass is 9.73. The molecule has 2 heterocycles. The van der Waals surface area contributed by atoms with E-state index in [9.17, 15) is 9.18 Å². The van der Waals surface area contributed by atoms with Crippen molar-refractivity contribution < 1.29 is 18.7 Å². The van der Waals surface area contributed by atoms with Crippen LogP contribution < -0.4 is 10.1 Å². The molecule has 1 saturated heterocycles. The van der Waals surface area contributed by atoms with Crippen molar-refractivity contribution in [1.29, 1.82) is 0 Å². The second-order valence-corrected chi connectivity index (χ2v) is 7.81. The first kappa shape index (κ1) is 19.8. The van der Waals surface area contributed by atoms with E-state index in [1.807, 2.05) is 30.3 Å². The van der Waals surface area contributed by atoms with E-state index >= 15 is 0 Å². The van der Waals surface area contributed by atoms with Gasteiger partial charge in [-0.2, -0.15) is 0 Å². The van der Waals surface area contributed by atoms with Crippen molar-refractivity contribution in [3.63, 3.8) is 0 Å². The Labute approximate surface area is 169 Å². The number of nitrogens with one attached hydrogen (secondary N) is 1. The van der Waals surface area contributed by atoms with Crippen LogP contribution in [-0.2, 0) is 14.9 Å². The minimum absolute atomic E-state index is 0.0141. The molecule has 1 aliphatic heterocycles. The highest BCUT2D eigenvalue weighted by molar-refractivity contribution is 5.88. The maximum absolute atomic E-state index is 13.3. The average Bonchev–Trinajstić information content (AvgIpc) is 2.78. The number of rotatable bonds is 5. The Morgan fingerprint density at radius 2 is 1.72 bits per heavy atom. The third-order valence-corrected chi connectivity index (χ3v) is 5.99. The van der Waals surface area contributed by atoms with Gasteiger partial charge < -0.3 is 14.8 Å². The molecular weight excluding hydrogens is 373 g/mol. The van der Waals surface area contributed by atoms with Crippen molar-refractivity contribution in [2.45, 2.75) is 56.1 Å². The second kappa shape index (κ2) is 8.86. The molecule has 2 aromatic rings. The van der Waals surface area contributed by atoms with Crippen LogP contribution in [0.3, 0.4) is 0 Å². The number of hydrogen-bond acceptors (Lipinski definition) is 5. The van der Waals surface area contributed by atoms with Gasteiger partial charge in [0.15, 0.2) is 5.82 Å². The highest BCUT2D eigenvalue weighted by atomic mass is 19.1. The van der Waals surface area contributed by atoms with Gasteiger partial charge in [-0.1, -0.05) is 30.3 Å². The van der Waals surface area contributed by atoms with E-state index in [1.165, 1.54) is 0 Å². The minimum Gasteiger partial charge on any atom is -0.460 e. The molecule has 6 nitrogen and oxygen atoms in total. The van der Waals surface area contributed by atoms with E-state index in [4.69, 9.17) is 9.47 Å². The molecule has 7 heteroatoms. The summed E-state index contributed by atoms with van der Waals surface area (Å²) < 4.78 is 24.2. The van der Waals surface area contributed by atoms with Gasteiger partial charge in [0.25, 0.3) is 0 Å². The molecule has 1 amide bonds. The number of benzene rings is 1. The zero-order valence-corrected chi connectivity index (χ0v) is 16.4. The summed E-state index contributed by atoms with van der Waals surface area (Å²) in [7, 11) is 0. The fourth-order valence-electron chi connectivity index (χ4n) is 4.28. The molecule has 0 atom stereocenters. The fraction of sp³-hybridized carbons (Fsp3) is 0.500. The number of halogens is 1. The molecule has 0 bridgehead atoms. The predicted octanol–water partition coefficient (Wildman–Crippen LogP) is 3.17. The summed E-state index contributed by atoms with van der Waals surface area (Å²) in [4.78, 5) is 21.0. The largest absolute Gasteiger partial charge is 0.460 e. The van der Waals surface area contributed by atoms with Crippen molar-refractivity contribution in [2.75, 3.05) is 13.2 Å².